The molecule has 122 valence electrons. The van der Waals surface area contributed by atoms with E-state index in [9.17, 15) is 9.59 Å². The average molecular weight is 334 g/mol. The van der Waals surface area contributed by atoms with Crippen molar-refractivity contribution >= 4 is 23.5 Å². The fraction of sp³-hybridized carbons (Fsp3) is 0.333. The van der Waals surface area contributed by atoms with Crippen molar-refractivity contribution in [1.29, 1.82) is 0 Å². The highest BCUT2D eigenvalue weighted by Gasteiger charge is 2.36. The molecule has 0 unspecified atom stereocenters. The Morgan fingerprint density at radius 3 is 2.57 bits per heavy atom. The van der Waals surface area contributed by atoms with Crippen LogP contribution in [0.25, 0.3) is 0 Å². The van der Waals surface area contributed by atoms with E-state index in [1.165, 1.54) is 0 Å². The summed E-state index contributed by atoms with van der Waals surface area (Å²) >= 11 is 5.93. The van der Waals surface area contributed by atoms with Gasteiger partial charge in [0.2, 0.25) is 5.91 Å². The standard InChI is InChI=1S/C18H20ClNO3/c1-3-4-17(21)20-15(11-12(2)18(22)23)9-10-16(20)13-5-7-14(19)8-6-13/h3,5-8,11,15-16H,1,4,9-10H2,2H3,(H,22,23)/b12-11+/t15-,16+/m1/s1. The van der Waals surface area contributed by atoms with Crippen molar-refractivity contribution in [2.24, 2.45) is 0 Å². The number of hydrogen-bond donors (Lipinski definition) is 1. The van der Waals surface area contributed by atoms with Gasteiger partial charge in [-0.05, 0) is 37.5 Å². The van der Waals surface area contributed by atoms with Crippen molar-refractivity contribution in [3.8, 4) is 0 Å². The quantitative estimate of drug-likeness (QED) is 0.655. The summed E-state index contributed by atoms with van der Waals surface area (Å²) < 4.78 is 0. The zero-order valence-corrected chi connectivity index (χ0v) is 13.8. The number of likely N-dealkylation sites (tertiary alicyclic amines) is 1. The first-order valence-electron chi connectivity index (χ1n) is 7.53. The van der Waals surface area contributed by atoms with Crippen LogP contribution in [-0.4, -0.2) is 27.9 Å². The van der Waals surface area contributed by atoms with E-state index in [0.717, 1.165) is 18.4 Å². The van der Waals surface area contributed by atoms with Crippen LogP contribution in [0.2, 0.25) is 5.02 Å². The highest BCUT2D eigenvalue weighted by Crippen LogP contribution is 2.38. The van der Waals surface area contributed by atoms with Crippen molar-refractivity contribution in [2.75, 3.05) is 0 Å². The molecular formula is C18H20ClNO3. The molecule has 0 saturated carbocycles. The first kappa shape index (κ1) is 17.3. The van der Waals surface area contributed by atoms with Crippen LogP contribution in [0.15, 0.2) is 48.6 Å². The highest BCUT2D eigenvalue weighted by molar-refractivity contribution is 6.30. The lowest BCUT2D eigenvalue weighted by molar-refractivity contribution is -0.134. The maximum atomic E-state index is 12.5. The fourth-order valence-electron chi connectivity index (χ4n) is 2.96. The summed E-state index contributed by atoms with van der Waals surface area (Å²) in [5.41, 5.74) is 1.26. The molecule has 5 heteroatoms. The summed E-state index contributed by atoms with van der Waals surface area (Å²) in [4.78, 5) is 25.4. The lowest BCUT2D eigenvalue weighted by Crippen LogP contribution is -2.36. The van der Waals surface area contributed by atoms with E-state index in [-0.39, 0.29) is 30.0 Å². The number of carbonyl (C=O) groups excluding carboxylic acids is 1. The number of aliphatic carboxylic acids is 1. The number of carbonyl (C=O) groups is 2. The van der Waals surface area contributed by atoms with Crippen LogP contribution in [0, 0.1) is 0 Å². The lowest BCUT2D eigenvalue weighted by atomic mass is 10.0. The summed E-state index contributed by atoms with van der Waals surface area (Å²) in [5.74, 6) is -1.01. The number of rotatable bonds is 5. The van der Waals surface area contributed by atoms with E-state index in [4.69, 9.17) is 16.7 Å². The largest absolute Gasteiger partial charge is 0.478 e. The monoisotopic (exact) mass is 333 g/mol. The molecule has 2 atom stereocenters. The van der Waals surface area contributed by atoms with E-state index >= 15 is 0 Å². The number of nitrogens with zero attached hydrogens (tertiary/aromatic N) is 1. The van der Waals surface area contributed by atoms with Crippen molar-refractivity contribution < 1.29 is 14.7 Å². The predicted octanol–water partition coefficient (Wildman–Crippen LogP) is 3.98. The van der Waals surface area contributed by atoms with Gasteiger partial charge in [-0.25, -0.2) is 4.79 Å². The molecule has 1 aliphatic rings. The van der Waals surface area contributed by atoms with Crippen LogP contribution < -0.4 is 0 Å². The van der Waals surface area contributed by atoms with Gasteiger partial charge in [0.15, 0.2) is 0 Å². The van der Waals surface area contributed by atoms with Crippen molar-refractivity contribution in [3.05, 3.63) is 59.2 Å². The second kappa shape index (κ2) is 7.47. The maximum Gasteiger partial charge on any atom is 0.331 e. The van der Waals surface area contributed by atoms with Gasteiger partial charge in [-0.3, -0.25) is 4.79 Å². The van der Waals surface area contributed by atoms with Crippen molar-refractivity contribution in [2.45, 2.75) is 38.3 Å². The molecule has 2 rings (SSSR count). The Bertz CT molecular complexity index is 636. The highest BCUT2D eigenvalue weighted by atomic mass is 35.5. The van der Waals surface area contributed by atoms with Gasteiger partial charge in [0.25, 0.3) is 0 Å². The fourth-order valence-corrected chi connectivity index (χ4v) is 3.09. The number of carboxylic acid groups (broad SMARTS) is 1. The maximum absolute atomic E-state index is 12.5. The molecule has 0 aliphatic carbocycles. The third-order valence-electron chi connectivity index (χ3n) is 4.07. The normalized spacial score (nSPS) is 21.3. The summed E-state index contributed by atoms with van der Waals surface area (Å²) in [6.07, 6.45) is 5.00. The zero-order chi connectivity index (χ0) is 17.0. The minimum absolute atomic E-state index is 0.0445. The van der Waals surface area contributed by atoms with Gasteiger partial charge in [0.1, 0.15) is 0 Å². The Hall–Kier alpha value is -2.07. The van der Waals surface area contributed by atoms with E-state index in [1.807, 2.05) is 12.1 Å². The molecule has 1 aromatic rings. The van der Waals surface area contributed by atoms with E-state index in [2.05, 4.69) is 6.58 Å². The molecule has 0 spiro atoms. The zero-order valence-electron chi connectivity index (χ0n) is 13.0. The Balaban J connectivity index is 2.33. The van der Waals surface area contributed by atoms with Gasteiger partial charge < -0.3 is 10.0 Å². The Labute approximate surface area is 141 Å². The van der Waals surface area contributed by atoms with Crippen molar-refractivity contribution in [1.82, 2.24) is 4.90 Å². The Kier molecular flexibility index (Phi) is 5.61. The molecule has 0 bridgehead atoms. The van der Waals surface area contributed by atoms with E-state index in [0.29, 0.717) is 5.02 Å². The molecule has 1 N–H and O–H groups in total. The smallest absolute Gasteiger partial charge is 0.331 e. The van der Waals surface area contributed by atoms with Gasteiger partial charge in [0.05, 0.1) is 12.1 Å². The molecule has 4 nitrogen and oxygen atoms in total. The second-order valence-corrected chi connectivity index (χ2v) is 6.10. The molecule has 0 radical (unpaired) electrons. The third-order valence-corrected chi connectivity index (χ3v) is 4.32. The first-order chi connectivity index (χ1) is 10.9. The SMILES string of the molecule is C=CCC(=O)N1[C@@H](/C=C(\C)C(=O)O)CC[C@H]1c1ccc(Cl)cc1. The summed E-state index contributed by atoms with van der Waals surface area (Å²) in [6, 6.07) is 7.16. The molecule has 1 aliphatic heterocycles. The molecule has 1 amide bonds. The summed E-state index contributed by atoms with van der Waals surface area (Å²) in [6.45, 7) is 5.17. The third kappa shape index (κ3) is 4.02. The molecule has 0 aromatic heterocycles. The molecule has 1 fully saturated rings. The number of carboxylic acids is 1. The number of hydrogen-bond acceptors (Lipinski definition) is 2. The van der Waals surface area contributed by atoms with E-state index < -0.39 is 5.97 Å². The molecule has 1 saturated heterocycles. The Morgan fingerprint density at radius 1 is 1.35 bits per heavy atom. The van der Waals surface area contributed by atoms with Crippen LogP contribution in [0.3, 0.4) is 0 Å². The van der Waals surface area contributed by atoms with Gasteiger partial charge in [-0.1, -0.05) is 35.9 Å². The van der Waals surface area contributed by atoms with Gasteiger partial charge in [-0.15, -0.1) is 6.58 Å². The number of halogens is 1. The molecule has 23 heavy (non-hydrogen) atoms. The molecule has 1 heterocycles. The first-order valence-corrected chi connectivity index (χ1v) is 7.91. The minimum Gasteiger partial charge on any atom is -0.478 e. The summed E-state index contributed by atoms with van der Waals surface area (Å²) in [5, 5.41) is 9.73. The van der Waals surface area contributed by atoms with Crippen LogP contribution >= 0.6 is 11.6 Å². The lowest BCUT2D eigenvalue weighted by Gasteiger charge is -2.29. The van der Waals surface area contributed by atoms with Crippen LogP contribution in [0.4, 0.5) is 0 Å². The van der Waals surface area contributed by atoms with Gasteiger partial charge in [-0.2, -0.15) is 0 Å². The van der Waals surface area contributed by atoms with Crippen LogP contribution in [0.5, 0.6) is 0 Å². The number of amides is 1. The van der Waals surface area contributed by atoms with Gasteiger partial charge >= 0.3 is 5.97 Å². The number of benzene rings is 1. The minimum atomic E-state index is -0.962. The topological polar surface area (TPSA) is 57.6 Å². The van der Waals surface area contributed by atoms with Crippen LogP contribution in [-0.2, 0) is 9.59 Å². The van der Waals surface area contributed by atoms with Gasteiger partial charge in [0, 0.05) is 17.0 Å². The Morgan fingerprint density at radius 2 is 2.00 bits per heavy atom. The average Bonchev–Trinajstić information content (AvgIpc) is 2.91. The second-order valence-electron chi connectivity index (χ2n) is 5.66. The van der Waals surface area contributed by atoms with Crippen molar-refractivity contribution in [3.63, 3.8) is 0 Å². The predicted molar refractivity (Wildman–Crippen MR) is 90.3 cm³/mol. The van der Waals surface area contributed by atoms with Crippen LogP contribution in [0.1, 0.15) is 37.8 Å². The molecular weight excluding hydrogens is 314 g/mol. The van der Waals surface area contributed by atoms with E-state index in [1.54, 1.807) is 36.1 Å². The molecule has 1 aromatic carbocycles. The summed E-state index contributed by atoms with van der Waals surface area (Å²) in [7, 11) is 0.